The van der Waals surface area contributed by atoms with Gasteiger partial charge in [0.05, 0.1) is 5.56 Å². The van der Waals surface area contributed by atoms with Crippen molar-refractivity contribution in [3.63, 3.8) is 0 Å². The molecule has 0 aromatic heterocycles. The van der Waals surface area contributed by atoms with E-state index in [0.717, 1.165) is 12.5 Å². The fourth-order valence-electron chi connectivity index (χ4n) is 1.71. The summed E-state index contributed by atoms with van der Waals surface area (Å²) in [7, 11) is 0. The molecule has 0 spiro atoms. The van der Waals surface area contributed by atoms with Crippen molar-refractivity contribution in [2.45, 2.75) is 26.1 Å². The molecule has 0 fully saturated rings. The third-order valence-corrected chi connectivity index (χ3v) is 3.01. The van der Waals surface area contributed by atoms with E-state index in [1.54, 1.807) is 6.07 Å². The molecule has 0 radical (unpaired) electrons. The van der Waals surface area contributed by atoms with Crippen LogP contribution in [0.5, 0.6) is 0 Å². The molecular formula is C14H19F3N2OS. The molecule has 0 aliphatic heterocycles. The third-order valence-electron chi connectivity index (χ3n) is 2.72. The van der Waals surface area contributed by atoms with Gasteiger partial charge in [-0.1, -0.05) is 18.2 Å². The summed E-state index contributed by atoms with van der Waals surface area (Å²) in [5, 5.41) is 6.05. The minimum Gasteiger partial charge on any atom is -0.382 e. The van der Waals surface area contributed by atoms with Crippen LogP contribution >= 0.6 is 12.2 Å². The van der Waals surface area contributed by atoms with E-state index in [0.29, 0.717) is 24.9 Å². The van der Waals surface area contributed by atoms with Gasteiger partial charge in [-0.2, -0.15) is 13.2 Å². The predicted octanol–water partition coefficient (Wildman–Crippen LogP) is 3.10. The van der Waals surface area contributed by atoms with E-state index in [4.69, 9.17) is 17.0 Å². The summed E-state index contributed by atoms with van der Waals surface area (Å²) >= 11 is 5.02. The Morgan fingerprint density at radius 2 is 1.95 bits per heavy atom. The highest BCUT2D eigenvalue weighted by atomic mass is 32.1. The minimum atomic E-state index is -4.36. The van der Waals surface area contributed by atoms with Crippen molar-refractivity contribution in [3.05, 3.63) is 35.4 Å². The SMILES string of the molecule is CCOCCCNC(=S)NCc1ccccc1C(F)(F)F. The van der Waals surface area contributed by atoms with Gasteiger partial charge in [0.2, 0.25) is 0 Å². The maximum Gasteiger partial charge on any atom is 0.416 e. The lowest BCUT2D eigenvalue weighted by molar-refractivity contribution is -0.138. The number of nitrogens with one attached hydrogen (secondary N) is 2. The van der Waals surface area contributed by atoms with Gasteiger partial charge in [-0.3, -0.25) is 0 Å². The predicted molar refractivity (Wildman–Crippen MR) is 80.0 cm³/mol. The van der Waals surface area contributed by atoms with Crippen molar-refractivity contribution in [3.8, 4) is 0 Å². The third kappa shape index (κ3) is 6.77. The molecule has 21 heavy (non-hydrogen) atoms. The topological polar surface area (TPSA) is 33.3 Å². The van der Waals surface area contributed by atoms with Gasteiger partial charge in [-0.05, 0) is 37.2 Å². The first kappa shape index (κ1) is 17.7. The standard InChI is InChI=1S/C14H19F3N2OS/c1-2-20-9-5-8-18-13(21)19-10-11-6-3-4-7-12(11)14(15,16)17/h3-4,6-7H,2,5,8-10H2,1H3,(H2,18,19,21). The largest absolute Gasteiger partial charge is 0.416 e. The van der Waals surface area contributed by atoms with E-state index in [1.807, 2.05) is 6.92 Å². The zero-order chi connectivity index (χ0) is 15.7. The number of hydrogen-bond donors (Lipinski definition) is 2. The highest BCUT2D eigenvalue weighted by molar-refractivity contribution is 7.80. The van der Waals surface area contributed by atoms with Crippen LogP contribution in [-0.2, 0) is 17.5 Å². The molecule has 0 bridgehead atoms. The van der Waals surface area contributed by atoms with Gasteiger partial charge in [0, 0.05) is 26.3 Å². The molecule has 0 saturated carbocycles. The monoisotopic (exact) mass is 320 g/mol. The zero-order valence-corrected chi connectivity index (χ0v) is 12.6. The van der Waals surface area contributed by atoms with Gasteiger partial charge >= 0.3 is 6.18 Å². The molecule has 0 atom stereocenters. The second-order valence-electron chi connectivity index (χ2n) is 4.31. The molecule has 0 saturated heterocycles. The van der Waals surface area contributed by atoms with E-state index in [-0.39, 0.29) is 12.1 Å². The average molecular weight is 320 g/mol. The lowest BCUT2D eigenvalue weighted by atomic mass is 10.1. The molecular weight excluding hydrogens is 301 g/mol. The Kier molecular flexibility index (Phi) is 7.45. The lowest BCUT2D eigenvalue weighted by Crippen LogP contribution is -2.36. The summed E-state index contributed by atoms with van der Waals surface area (Å²) in [6, 6.07) is 5.45. The van der Waals surface area contributed by atoms with Crippen molar-refractivity contribution < 1.29 is 17.9 Å². The second kappa shape index (κ2) is 8.84. The van der Waals surface area contributed by atoms with Crippen molar-refractivity contribution in [1.82, 2.24) is 10.6 Å². The first-order valence-electron chi connectivity index (χ1n) is 6.69. The summed E-state index contributed by atoms with van der Waals surface area (Å²) in [5.74, 6) is 0. The quantitative estimate of drug-likeness (QED) is 0.597. The number of ether oxygens (including phenoxy) is 1. The van der Waals surface area contributed by atoms with Crippen LogP contribution in [0.2, 0.25) is 0 Å². The molecule has 7 heteroatoms. The molecule has 3 nitrogen and oxygen atoms in total. The zero-order valence-electron chi connectivity index (χ0n) is 11.8. The Balaban J connectivity index is 2.40. The van der Waals surface area contributed by atoms with Gasteiger partial charge in [-0.15, -0.1) is 0 Å². The number of benzene rings is 1. The first-order valence-corrected chi connectivity index (χ1v) is 7.10. The van der Waals surface area contributed by atoms with Gasteiger partial charge in [-0.25, -0.2) is 0 Å². The van der Waals surface area contributed by atoms with Gasteiger partial charge in [0.25, 0.3) is 0 Å². The molecule has 1 aromatic rings. The van der Waals surface area contributed by atoms with Crippen LogP contribution in [0.4, 0.5) is 13.2 Å². The van der Waals surface area contributed by atoms with Crippen LogP contribution in [-0.4, -0.2) is 24.9 Å². The summed E-state index contributed by atoms with van der Waals surface area (Å²) in [6.07, 6.45) is -3.57. The smallest absolute Gasteiger partial charge is 0.382 e. The Morgan fingerprint density at radius 3 is 2.62 bits per heavy atom. The van der Waals surface area contributed by atoms with E-state index in [9.17, 15) is 13.2 Å². The van der Waals surface area contributed by atoms with E-state index < -0.39 is 11.7 Å². The van der Waals surface area contributed by atoms with Gasteiger partial charge < -0.3 is 15.4 Å². The Bertz CT molecular complexity index is 452. The Labute approximate surface area is 127 Å². The Hall–Kier alpha value is -1.34. The van der Waals surface area contributed by atoms with E-state index >= 15 is 0 Å². The van der Waals surface area contributed by atoms with Crippen LogP contribution < -0.4 is 10.6 Å². The van der Waals surface area contributed by atoms with Crippen molar-refractivity contribution in [1.29, 1.82) is 0 Å². The van der Waals surface area contributed by atoms with Crippen LogP contribution in [0.1, 0.15) is 24.5 Å². The maximum atomic E-state index is 12.8. The molecule has 0 heterocycles. The van der Waals surface area contributed by atoms with Crippen LogP contribution in [0.25, 0.3) is 0 Å². The minimum absolute atomic E-state index is 0.0347. The molecule has 1 rings (SSSR count). The Morgan fingerprint density at radius 1 is 1.24 bits per heavy atom. The van der Waals surface area contributed by atoms with Crippen molar-refractivity contribution in [2.75, 3.05) is 19.8 Å². The molecule has 0 aliphatic rings. The number of halogens is 3. The highest BCUT2D eigenvalue weighted by Crippen LogP contribution is 2.31. The van der Waals surface area contributed by atoms with Gasteiger partial charge in [0.1, 0.15) is 0 Å². The van der Waals surface area contributed by atoms with Crippen molar-refractivity contribution >= 4 is 17.3 Å². The number of alkyl halides is 3. The second-order valence-corrected chi connectivity index (χ2v) is 4.72. The van der Waals surface area contributed by atoms with Gasteiger partial charge in [0.15, 0.2) is 5.11 Å². The molecule has 0 unspecified atom stereocenters. The number of rotatable bonds is 7. The summed E-state index contributed by atoms with van der Waals surface area (Å²) < 4.78 is 43.6. The molecule has 2 N–H and O–H groups in total. The first-order chi connectivity index (χ1) is 9.95. The average Bonchev–Trinajstić information content (AvgIpc) is 2.44. The highest BCUT2D eigenvalue weighted by Gasteiger charge is 2.32. The molecule has 0 amide bonds. The summed E-state index contributed by atoms with van der Waals surface area (Å²) in [5.41, 5.74) is -0.472. The maximum absolute atomic E-state index is 12.8. The van der Waals surface area contributed by atoms with E-state index in [2.05, 4.69) is 10.6 Å². The fraction of sp³-hybridized carbons (Fsp3) is 0.500. The normalized spacial score (nSPS) is 11.2. The molecule has 118 valence electrons. The summed E-state index contributed by atoms with van der Waals surface area (Å²) in [4.78, 5) is 0. The van der Waals surface area contributed by atoms with Crippen LogP contribution in [0.3, 0.4) is 0 Å². The summed E-state index contributed by atoms with van der Waals surface area (Å²) in [6.45, 7) is 3.86. The lowest BCUT2D eigenvalue weighted by Gasteiger charge is -2.15. The van der Waals surface area contributed by atoms with E-state index in [1.165, 1.54) is 12.1 Å². The molecule has 0 aliphatic carbocycles. The number of hydrogen-bond acceptors (Lipinski definition) is 2. The molecule has 1 aromatic carbocycles. The van der Waals surface area contributed by atoms with Crippen molar-refractivity contribution in [2.24, 2.45) is 0 Å². The van der Waals surface area contributed by atoms with Crippen LogP contribution in [0.15, 0.2) is 24.3 Å². The fourth-order valence-corrected chi connectivity index (χ4v) is 1.88. The number of thiocarbonyl (C=S) groups is 1. The van der Waals surface area contributed by atoms with Crippen LogP contribution in [0, 0.1) is 0 Å².